The number of carboxylic acids is 1. The van der Waals surface area contributed by atoms with Gasteiger partial charge in [0.15, 0.2) is 5.82 Å². The van der Waals surface area contributed by atoms with Gasteiger partial charge in [-0.1, -0.05) is 29.8 Å². The highest BCUT2D eigenvalue weighted by atomic mass is 16.4. The molecule has 0 radical (unpaired) electrons. The molecule has 0 bridgehead atoms. The highest BCUT2D eigenvalue weighted by Gasteiger charge is 2.03. The van der Waals surface area contributed by atoms with Gasteiger partial charge in [-0.15, -0.1) is 0 Å². The molecule has 2 aromatic carbocycles. The molecule has 1 aromatic heterocycles. The zero-order chi connectivity index (χ0) is 16.2. The van der Waals surface area contributed by atoms with Gasteiger partial charge in [-0.05, 0) is 36.8 Å². The van der Waals surface area contributed by atoms with Crippen LogP contribution in [0.25, 0.3) is 5.69 Å². The van der Waals surface area contributed by atoms with E-state index in [1.807, 2.05) is 55.6 Å². The fraction of sp³-hybridized carbons (Fsp3) is 0.111. The van der Waals surface area contributed by atoms with E-state index in [4.69, 9.17) is 5.11 Å². The SMILES string of the molecule is Cc1ccc(-n2ccc(Nc3ccc(CC(=O)O)cc3)n2)cc1. The Labute approximate surface area is 134 Å². The molecule has 0 saturated heterocycles. The summed E-state index contributed by atoms with van der Waals surface area (Å²) in [6.45, 7) is 2.05. The molecule has 2 N–H and O–H groups in total. The predicted molar refractivity (Wildman–Crippen MR) is 89.4 cm³/mol. The number of aliphatic carboxylic acids is 1. The van der Waals surface area contributed by atoms with Crippen LogP contribution < -0.4 is 5.32 Å². The van der Waals surface area contributed by atoms with E-state index in [0.29, 0.717) is 0 Å². The highest BCUT2D eigenvalue weighted by molar-refractivity contribution is 5.70. The van der Waals surface area contributed by atoms with Crippen molar-refractivity contribution in [3.05, 3.63) is 71.9 Å². The average Bonchev–Trinajstić information content (AvgIpc) is 2.98. The second-order valence-electron chi connectivity index (χ2n) is 5.37. The van der Waals surface area contributed by atoms with Crippen LogP contribution in [0, 0.1) is 6.92 Å². The second kappa shape index (κ2) is 6.36. The van der Waals surface area contributed by atoms with Crippen LogP contribution in [0.15, 0.2) is 60.8 Å². The Morgan fingerprint density at radius 2 is 1.78 bits per heavy atom. The van der Waals surface area contributed by atoms with Gasteiger partial charge in [-0.3, -0.25) is 4.79 Å². The van der Waals surface area contributed by atoms with Crippen LogP contribution in [-0.2, 0) is 11.2 Å². The van der Waals surface area contributed by atoms with E-state index in [9.17, 15) is 4.79 Å². The number of benzene rings is 2. The van der Waals surface area contributed by atoms with E-state index in [1.165, 1.54) is 5.56 Å². The van der Waals surface area contributed by atoms with Crippen molar-refractivity contribution in [2.24, 2.45) is 0 Å². The van der Waals surface area contributed by atoms with Crippen molar-refractivity contribution in [2.45, 2.75) is 13.3 Å². The number of anilines is 2. The van der Waals surface area contributed by atoms with Gasteiger partial charge in [-0.2, -0.15) is 5.10 Å². The van der Waals surface area contributed by atoms with Crippen LogP contribution in [-0.4, -0.2) is 20.9 Å². The minimum atomic E-state index is -0.831. The molecule has 5 heteroatoms. The first-order valence-electron chi connectivity index (χ1n) is 7.30. The van der Waals surface area contributed by atoms with E-state index in [-0.39, 0.29) is 6.42 Å². The first-order chi connectivity index (χ1) is 11.1. The molecule has 1 heterocycles. The summed E-state index contributed by atoms with van der Waals surface area (Å²) in [5, 5.41) is 16.5. The van der Waals surface area contributed by atoms with Crippen molar-refractivity contribution in [1.29, 1.82) is 0 Å². The Bertz CT molecular complexity index is 805. The van der Waals surface area contributed by atoms with Gasteiger partial charge in [0.1, 0.15) is 0 Å². The van der Waals surface area contributed by atoms with Crippen LogP contribution >= 0.6 is 0 Å². The first-order valence-corrected chi connectivity index (χ1v) is 7.30. The molecule has 0 saturated carbocycles. The Hall–Kier alpha value is -3.08. The third-order valence-corrected chi connectivity index (χ3v) is 3.47. The molecule has 0 atom stereocenters. The number of nitrogens with zero attached hydrogens (tertiary/aromatic N) is 2. The summed E-state index contributed by atoms with van der Waals surface area (Å²) >= 11 is 0. The molecule has 0 fully saturated rings. The minimum absolute atomic E-state index is 0.0301. The van der Waals surface area contributed by atoms with Gasteiger partial charge >= 0.3 is 5.97 Å². The van der Waals surface area contributed by atoms with Crippen LogP contribution in [0.2, 0.25) is 0 Å². The molecule has 0 aliphatic rings. The summed E-state index contributed by atoms with van der Waals surface area (Å²) in [6.07, 6.45) is 1.92. The molecule has 0 aliphatic heterocycles. The van der Waals surface area contributed by atoms with Crippen molar-refractivity contribution < 1.29 is 9.90 Å². The molecular formula is C18H17N3O2. The Balaban J connectivity index is 1.71. The molecule has 0 unspecified atom stereocenters. The lowest BCUT2D eigenvalue weighted by Gasteiger charge is -2.05. The Kier molecular flexibility index (Phi) is 4.10. The Morgan fingerprint density at radius 3 is 2.43 bits per heavy atom. The van der Waals surface area contributed by atoms with Gasteiger partial charge in [-0.25, -0.2) is 4.68 Å². The highest BCUT2D eigenvalue weighted by Crippen LogP contribution is 2.17. The van der Waals surface area contributed by atoms with Crippen LogP contribution in [0.4, 0.5) is 11.5 Å². The number of rotatable bonds is 5. The van der Waals surface area contributed by atoms with Crippen LogP contribution in [0.3, 0.4) is 0 Å². The van der Waals surface area contributed by atoms with Crippen molar-refractivity contribution >= 4 is 17.5 Å². The standard InChI is InChI=1S/C18H17N3O2/c1-13-2-8-16(9-3-13)21-11-10-17(20-21)19-15-6-4-14(5-7-15)12-18(22)23/h2-11H,12H2,1H3,(H,19,20)(H,22,23). The summed E-state index contributed by atoms with van der Waals surface area (Å²) < 4.78 is 1.81. The lowest BCUT2D eigenvalue weighted by molar-refractivity contribution is -0.136. The van der Waals surface area contributed by atoms with Gasteiger partial charge < -0.3 is 10.4 Å². The van der Waals surface area contributed by atoms with E-state index in [1.54, 1.807) is 16.8 Å². The smallest absolute Gasteiger partial charge is 0.307 e. The number of hydrogen-bond donors (Lipinski definition) is 2. The van der Waals surface area contributed by atoms with Gasteiger partial charge in [0, 0.05) is 18.0 Å². The number of hydrogen-bond acceptors (Lipinski definition) is 3. The predicted octanol–water partition coefficient (Wildman–Crippen LogP) is 3.55. The summed E-state index contributed by atoms with van der Waals surface area (Å²) in [6, 6.07) is 17.3. The van der Waals surface area contributed by atoms with Gasteiger partial charge in [0.25, 0.3) is 0 Å². The largest absolute Gasteiger partial charge is 0.481 e. The van der Waals surface area contributed by atoms with Crippen molar-refractivity contribution in [2.75, 3.05) is 5.32 Å². The third kappa shape index (κ3) is 3.77. The maximum absolute atomic E-state index is 10.7. The normalized spacial score (nSPS) is 10.5. The monoisotopic (exact) mass is 307 g/mol. The third-order valence-electron chi connectivity index (χ3n) is 3.47. The minimum Gasteiger partial charge on any atom is -0.481 e. The quantitative estimate of drug-likeness (QED) is 0.756. The number of carbonyl (C=O) groups is 1. The summed E-state index contributed by atoms with van der Waals surface area (Å²) in [7, 11) is 0. The van der Waals surface area contributed by atoms with E-state index >= 15 is 0 Å². The first kappa shape index (κ1) is 14.8. The summed E-state index contributed by atoms with van der Waals surface area (Å²) in [5.41, 5.74) is 3.85. The van der Waals surface area contributed by atoms with E-state index < -0.39 is 5.97 Å². The number of aryl methyl sites for hydroxylation is 1. The second-order valence-corrected chi connectivity index (χ2v) is 5.37. The topological polar surface area (TPSA) is 67.2 Å². The number of nitrogens with one attached hydrogen (secondary N) is 1. The average molecular weight is 307 g/mol. The van der Waals surface area contributed by atoms with E-state index in [0.717, 1.165) is 22.8 Å². The fourth-order valence-corrected chi connectivity index (χ4v) is 2.26. The zero-order valence-electron chi connectivity index (χ0n) is 12.7. The van der Waals surface area contributed by atoms with Crippen molar-refractivity contribution in [1.82, 2.24) is 9.78 Å². The summed E-state index contributed by atoms with van der Waals surface area (Å²) in [5.74, 6) is -0.0980. The summed E-state index contributed by atoms with van der Waals surface area (Å²) in [4.78, 5) is 10.7. The van der Waals surface area contributed by atoms with Crippen molar-refractivity contribution in [3.63, 3.8) is 0 Å². The molecule has 23 heavy (non-hydrogen) atoms. The lowest BCUT2D eigenvalue weighted by Crippen LogP contribution is -2.00. The molecule has 0 aliphatic carbocycles. The van der Waals surface area contributed by atoms with Crippen LogP contribution in [0.5, 0.6) is 0 Å². The Morgan fingerprint density at radius 1 is 1.09 bits per heavy atom. The molecule has 116 valence electrons. The van der Waals surface area contributed by atoms with Gasteiger partial charge in [0.2, 0.25) is 0 Å². The zero-order valence-corrected chi connectivity index (χ0v) is 12.7. The van der Waals surface area contributed by atoms with Gasteiger partial charge in [0.05, 0.1) is 12.1 Å². The molecule has 5 nitrogen and oxygen atoms in total. The van der Waals surface area contributed by atoms with Crippen LogP contribution in [0.1, 0.15) is 11.1 Å². The van der Waals surface area contributed by atoms with E-state index in [2.05, 4.69) is 10.4 Å². The maximum Gasteiger partial charge on any atom is 0.307 e. The lowest BCUT2D eigenvalue weighted by atomic mass is 10.1. The molecule has 3 aromatic rings. The number of aromatic nitrogens is 2. The molecule has 3 rings (SSSR count). The molecule has 0 amide bonds. The fourth-order valence-electron chi connectivity index (χ4n) is 2.26. The maximum atomic E-state index is 10.7. The number of carboxylic acid groups (broad SMARTS) is 1. The molecular weight excluding hydrogens is 290 g/mol. The van der Waals surface area contributed by atoms with Crippen molar-refractivity contribution in [3.8, 4) is 5.69 Å². The molecule has 0 spiro atoms.